The van der Waals surface area contributed by atoms with Crippen LogP contribution in [0.1, 0.15) is 42.9 Å². The standard InChI is InChI=1S/C12H18F3N3OS/c1-7(2)18-10(12(13,14)15)9(6-17-18)11(19)16-5-8(3)20-4/h6-8H,5H2,1-4H3,(H,16,19). The molecular formula is C12H18F3N3OS. The third-order valence-corrected chi connectivity index (χ3v) is 3.72. The highest BCUT2D eigenvalue weighted by Gasteiger charge is 2.40. The first-order valence-corrected chi connectivity index (χ1v) is 7.43. The predicted molar refractivity (Wildman–Crippen MR) is 72.9 cm³/mol. The highest BCUT2D eigenvalue weighted by Crippen LogP contribution is 2.33. The molecule has 1 N–H and O–H groups in total. The fourth-order valence-corrected chi connectivity index (χ4v) is 1.87. The summed E-state index contributed by atoms with van der Waals surface area (Å²) in [5.74, 6) is -0.745. The number of rotatable bonds is 5. The zero-order valence-electron chi connectivity index (χ0n) is 11.8. The Balaban J connectivity index is 3.03. The summed E-state index contributed by atoms with van der Waals surface area (Å²) >= 11 is 1.52. The van der Waals surface area contributed by atoms with Gasteiger partial charge in [0.05, 0.1) is 11.8 Å². The number of halogens is 3. The predicted octanol–water partition coefficient (Wildman–Crippen LogP) is 2.96. The lowest BCUT2D eigenvalue weighted by atomic mass is 10.2. The van der Waals surface area contributed by atoms with Crippen LogP contribution in [0.3, 0.4) is 0 Å². The van der Waals surface area contributed by atoms with Crippen LogP contribution < -0.4 is 5.32 Å². The molecule has 0 saturated heterocycles. The van der Waals surface area contributed by atoms with E-state index in [1.165, 1.54) is 11.8 Å². The molecule has 0 bridgehead atoms. The first-order chi connectivity index (χ1) is 9.18. The van der Waals surface area contributed by atoms with E-state index in [4.69, 9.17) is 0 Å². The highest BCUT2D eigenvalue weighted by molar-refractivity contribution is 7.99. The van der Waals surface area contributed by atoms with Crippen LogP contribution in [-0.4, -0.2) is 33.7 Å². The molecule has 0 aliphatic heterocycles. The molecule has 4 nitrogen and oxygen atoms in total. The van der Waals surface area contributed by atoms with Gasteiger partial charge in [0.25, 0.3) is 5.91 Å². The molecule has 20 heavy (non-hydrogen) atoms. The Labute approximate surface area is 120 Å². The minimum absolute atomic E-state index is 0.133. The van der Waals surface area contributed by atoms with E-state index in [0.29, 0.717) is 6.54 Å². The molecule has 0 aliphatic rings. The minimum atomic E-state index is -4.61. The van der Waals surface area contributed by atoms with Gasteiger partial charge >= 0.3 is 6.18 Å². The van der Waals surface area contributed by atoms with Gasteiger partial charge in [-0.05, 0) is 20.1 Å². The van der Waals surface area contributed by atoms with Crippen molar-refractivity contribution in [2.75, 3.05) is 12.8 Å². The van der Waals surface area contributed by atoms with Crippen LogP contribution in [0.25, 0.3) is 0 Å². The molecular weight excluding hydrogens is 291 g/mol. The summed E-state index contributed by atoms with van der Waals surface area (Å²) in [5.41, 5.74) is -1.43. The van der Waals surface area contributed by atoms with Gasteiger partial charge in [-0.15, -0.1) is 0 Å². The molecule has 1 aromatic heterocycles. The van der Waals surface area contributed by atoms with Crippen molar-refractivity contribution in [1.29, 1.82) is 0 Å². The van der Waals surface area contributed by atoms with Crippen LogP contribution in [0, 0.1) is 0 Å². The molecule has 1 rings (SSSR count). The monoisotopic (exact) mass is 309 g/mol. The smallest absolute Gasteiger partial charge is 0.351 e. The zero-order valence-corrected chi connectivity index (χ0v) is 12.6. The van der Waals surface area contributed by atoms with Crippen LogP contribution in [0.4, 0.5) is 13.2 Å². The zero-order chi connectivity index (χ0) is 15.5. The second-order valence-electron chi connectivity index (χ2n) is 4.70. The van der Waals surface area contributed by atoms with E-state index in [9.17, 15) is 18.0 Å². The molecule has 1 aromatic rings. The maximum Gasteiger partial charge on any atom is 0.433 e. The molecule has 0 aliphatic carbocycles. The van der Waals surface area contributed by atoms with E-state index in [1.54, 1.807) is 13.8 Å². The Bertz CT molecular complexity index is 471. The van der Waals surface area contributed by atoms with Crippen LogP contribution in [0.5, 0.6) is 0 Å². The van der Waals surface area contributed by atoms with Gasteiger partial charge in [-0.3, -0.25) is 9.48 Å². The Morgan fingerprint density at radius 1 is 1.45 bits per heavy atom. The van der Waals surface area contributed by atoms with E-state index in [1.807, 2.05) is 13.2 Å². The molecule has 1 unspecified atom stereocenters. The number of amides is 1. The molecule has 114 valence electrons. The summed E-state index contributed by atoms with van der Waals surface area (Å²) in [4.78, 5) is 11.9. The Kier molecular flexibility index (Phi) is 5.50. The van der Waals surface area contributed by atoms with E-state index >= 15 is 0 Å². The number of carbonyl (C=O) groups excluding carboxylic acids is 1. The summed E-state index contributed by atoms with van der Waals surface area (Å²) in [6.45, 7) is 5.36. The Hall–Kier alpha value is -1.18. The Morgan fingerprint density at radius 3 is 2.50 bits per heavy atom. The first-order valence-electron chi connectivity index (χ1n) is 6.14. The van der Waals surface area contributed by atoms with Crippen LogP contribution >= 0.6 is 11.8 Å². The molecule has 0 spiro atoms. The van der Waals surface area contributed by atoms with Gasteiger partial charge in [0.2, 0.25) is 0 Å². The molecule has 0 aromatic carbocycles. The SMILES string of the molecule is CSC(C)CNC(=O)c1cnn(C(C)C)c1C(F)(F)F. The fourth-order valence-electron chi connectivity index (χ4n) is 1.62. The number of thioether (sulfide) groups is 1. The molecule has 0 radical (unpaired) electrons. The van der Waals surface area contributed by atoms with Gasteiger partial charge in [-0.25, -0.2) is 0 Å². The fraction of sp³-hybridized carbons (Fsp3) is 0.667. The van der Waals surface area contributed by atoms with Crippen molar-refractivity contribution in [3.8, 4) is 0 Å². The lowest BCUT2D eigenvalue weighted by Gasteiger charge is -2.15. The van der Waals surface area contributed by atoms with Crippen molar-refractivity contribution < 1.29 is 18.0 Å². The summed E-state index contributed by atoms with van der Waals surface area (Å²) < 4.78 is 40.1. The van der Waals surface area contributed by atoms with Crippen LogP contribution in [-0.2, 0) is 6.18 Å². The summed E-state index contributed by atoms with van der Waals surface area (Å²) in [6, 6.07) is -0.474. The van der Waals surface area contributed by atoms with Gasteiger partial charge < -0.3 is 5.32 Å². The van der Waals surface area contributed by atoms with Gasteiger partial charge in [0.1, 0.15) is 0 Å². The number of nitrogens with one attached hydrogen (secondary N) is 1. The van der Waals surface area contributed by atoms with E-state index in [2.05, 4.69) is 10.4 Å². The second-order valence-corrected chi connectivity index (χ2v) is 5.98. The quantitative estimate of drug-likeness (QED) is 0.909. The van der Waals surface area contributed by atoms with Crippen molar-refractivity contribution in [3.63, 3.8) is 0 Å². The average molecular weight is 309 g/mol. The molecule has 8 heteroatoms. The average Bonchev–Trinajstić information content (AvgIpc) is 2.80. The van der Waals surface area contributed by atoms with Gasteiger partial charge in [-0.1, -0.05) is 6.92 Å². The minimum Gasteiger partial charge on any atom is -0.351 e. The van der Waals surface area contributed by atoms with Crippen LogP contribution in [0.15, 0.2) is 6.20 Å². The van der Waals surface area contributed by atoms with Crippen molar-refractivity contribution in [2.24, 2.45) is 0 Å². The summed E-state index contributed by atoms with van der Waals surface area (Å²) in [7, 11) is 0. The maximum absolute atomic E-state index is 13.1. The van der Waals surface area contributed by atoms with Crippen molar-refractivity contribution in [2.45, 2.75) is 38.2 Å². The first kappa shape index (κ1) is 16.9. The maximum atomic E-state index is 13.1. The van der Waals surface area contributed by atoms with E-state index in [-0.39, 0.29) is 5.25 Å². The Morgan fingerprint density at radius 2 is 2.05 bits per heavy atom. The number of carbonyl (C=O) groups is 1. The van der Waals surface area contributed by atoms with E-state index < -0.39 is 29.4 Å². The second kappa shape index (κ2) is 6.51. The topological polar surface area (TPSA) is 46.9 Å². The lowest BCUT2D eigenvalue weighted by molar-refractivity contribution is -0.145. The normalized spacial score (nSPS) is 13.6. The molecule has 1 atom stereocenters. The summed E-state index contributed by atoms with van der Waals surface area (Å²) in [5, 5.41) is 6.32. The highest BCUT2D eigenvalue weighted by atomic mass is 32.2. The van der Waals surface area contributed by atoms with Crippen LogP contribution in [0.2, 0.25) is 0 Å². The lowest BCUT2D eigenvalue weighted by Crippen LogP contribution is -2.31. The van der Waals surface area contributed by atoms with Gasteiger partial charge in [-0.2, -0.15) is 30.0 Å². The van der Waals surface area contributed by atoms with Crippen molar-refractivity contribution in [3.05, 3.63) is 17.5 Å². The number of nitrogens with zero attached hydrogens (tertiary/aromatic N) is 2. The molecule has 0 saturated carbocycles. The van der Waals surface area contributed by atoms with Crippen molar-refractivity contribution in [1.82, 2.24) is 15.1 Å². The molecule has 1 heterocycles. The summed E-state index contributed by atoms with van der Waals surface area (Å²) in [6.07, 6.45) is -1.77. The van der Waals surface area contributed by atoms with Gasteiger partial charge in [0, 0.05) is 17.8 Å². The number of hydrogen-bond donors (Lipinski definition) is 1. The largest absolute Gasteiger partial charge is 0.433 e. The molecule has 0 fully saturated rings. The third-order valence-electron chi connectivity index (χ3n) is 2.75. The van der Waals surface area contributed by atoms with Crippen molar-refractivity contribution >= 4 is 17.7 Å². The number of aromatic nitrogens is 2. The molecule has 1 amide bonds. The van der Waals surface area contributed by atoms with E-state index in [0.717, 1.165) is 10.9 Å². The van der Waals surface area contributed by atoms with Gasteiger partial charge in [0.15, 0.2) is 5.69 Å². The number of hydrogen-bond acceptors (Lipinski definition) is 3. The number of alkyl halides is 3. The third kappa shape index (κ3) is 3.91.